The number of thioether (sulfide) groups is 1. The monoisotopic (exact) mass is 472 g/mol. The SMILES string of the molecule is O=C(NN1C(=O)/C(=C/c2ccc(I)cc2)SC1=S)c1cccs1. The summed E-state index contributed by atoms with van der Waals surface area (Å²) in [6.45, 7) is 0. The van der Waals surface area contributed by atoms with Crippen molar-refractivity contribution >= 4 is 80.1 Å². The number of benzene rings is 1. The molecule has 1 fully saturated rings. The number of hydrazine groups is 1. The van der Waals surface area contributed by atoms with Crippen molar-refractivity contribution in [2.24, 2.45) is 0 Å². The molecule has 8 heteroatoms. The second-order valence-corrected chi connectivity index (χ2v) is 8.36. The van der Waals surface area contributed by atoms with Gasteiger partial charge in [-0.05, 0) is 70.0 Å². The minimum atomic E-state index is -0.341. The Hall–Kier alpha value is -1.23. The number of hydrogen-bond donors (Lipinski definition) is 1. The fraction of sp³-hybridized carbons (Fsp3) is 0. The second kappa shape index (κ2) is 7.12. The lowest BCUT2D eigenvalue weighted by Gasteiger charge is -2.14. The number of halogens is 1. The zero-order chi connectivity index (χ0) is 16.4. The van der Waals surface area contributed by atoms with Crippen molar-refractivity contribution in [1.82, 2.24) is 10.4 Å². The highest BCUT2D eigenvalue weighted by atomic mass is 127. The van der Waals surface area contributed by atoms with E-state index >= 15 is 0 Å². The van der Waals surface area contributed by atoms with Gasteiger partial charge in [-0.25, -0.2) is 0 Å². The van der Waals surface area contributed by atoms with Crippen molar-refractivity contribution in [3.05, 3.63) is 60.7 Å². The Morgan fingerprint density at radius 3 is 2.65 bits per heavy atom. The van der Waals surface area contributed by atoms with E-state index in [1.54, 1.807) is 23.6 Å². The zero-order valence-electron chi connectivity index (χ0n) is 11.5. The van der Waals surface area contributed by atoms with Crippen LogP contribution in [0.2, 0.25) is 0 Å². The first-order valence-electron chi connectivity index (χ1n) is 6.42. The Balaban J connectivity index is 1.77. The third kappa shape index (κ3) is 3.82. The summed E-state index contributed by atoms with van der Waals surface area (Å²) in [6.07, 6.45) is 1.77. The first kappa shape index (κ1) is 16.6. The van der Waals surface area contributed by atoms with Crippen molar-refractivity contribution in [3.63, 3.8) is 0 Å². The molecular formula is C15H9IN2O2S3. The molecule has 23 heavy (non-hydrogen) atoms. The number of thiophene rings is 1. The molecule has 2 heterocycles. The molecule has 1 aromatic heterocycles. The summed E-state index contributed by atoms with van der Waals surface area (Å²) in [4.78, 5) is 25.5. The van der Waals surface area contributed by atoms with Crippen LogP contribution in [0.25, 0.3) is 6.08 Å². The van der Waals surface area contributed by atoms with Crippen molar-refractivity contribution in [1.29, 1.82) is 0 Å². The van der Waals surface area contributed by atoms with Crippen molar-refractivity contribution in [3.8, 4) is 0 Å². The zero-order valence-corrected chi connectivity index (χ0v) is 16.1. The van der Waals surface area contributed by atoms with Crippen LogP contribution >= 0.6 is 57.9 Å². The molecule has 116 valence electrons. The summed E-state index contributed by atoms with van der Waals surface area (Å²) in [5.41, 5.74) is 3.47. The highest BCUT2D eigenvalue weighted by molar-refractivity contribution is 14.1. The van der Waals surface area contributed by atoms with Crippen LogP contribution in [0.4, 0.5) is 0 Å². The largest absolute Gasteiger partial charge is 0.285 e. The van der Waals surface area contributed by atoms with Gasteiger partial charge in [0.2, 0.25) is 0 Å². The van der Waals surface area contributed by atoms with E-state index in [9.17, 15) is 9.59 Å². The second-order valence-electron chi connectivity index (χ2n) is 4.49. The number of carbonyl (C=O) groups is 2. The number of hydrogen-bond acceptors (Lipinski definition) is 5. The van der Waals surface area contributed by atoms with Crippen LogP contribution in [0.15, 0.2) is 46.7 Å². The molecule has 0 unspecified atom stereocenters. The Bertz CT molecular complexity index is 801. The molecule has 2 amide bonds. The maximum Gasteiger partial charge on any atom is 0.285 e. The van der Waals surface area contributed by atoms with Gasteiger partial charge in [-0.15, -0.1) is 11.3 Å². The van der Waals surface area contributed by atoms with Gasteiger partial charge in [0.15, 0.2) is 4.32 Å². The maximum absolute atomic E-state index is 12.4. The van der Waals surface area contributed by atoms with E-state index < -0.39 is 0 Å². The standard InChI is InChI=1S/C15H9IN2O2S3/c16-10-5-3-9(4-6-10)8-12-14(20)18(15(21)23-12)17-13(19)11-2-1-7-22-11/h1-8H,(H,17,19)/b12-8-. The molecule has 2 aromatic rings. The summed E-state index contributed by atoms with van der Waals surface area (Å²) in [6, 6.07) is 11.3. The lowest BCUT2D eigenvalue weighted by atomic mass is 10.2. The molecular weight excluding hydrogens is 463 g/mol. The number of amides is 2. The summed E-state index contributed by atoms with van der Waals surface area (Å²) in [7, 11) is 0. The van der Waals surface area contributed by atoms with Crippen LogP contribution in [0, 0.1) is 3.57 Å². The molecule has 0 radical (unpaired) electrons. The maximum atomic E-state index is 12.4. The van der Waals surface area contributed by atoms with E-state index in [1.807, 2.05) is 24.3 Å². The predicted octanol–water partition coefficient (Wildman–Crippen LogP) is 3.90. The van der Waals surface area contributed by atoms with Gasteiger partial charge >= 0.3 is 0 Å². The van der Waals surface area contributed by atoms with Gasteiger partial charge in [0.05, 0.1) is 9.78 Å². The van der Waals surface area contributed by atoms with E-state index in [1.165, 1.54) is 23.1 Å². The first-order valence-corrected chi connectivity index (χ1v) is 9.61. The van der Waals surface area contributed by atoms with Crippen LogP contribution in [0.5, 0.6) is 0 Å². The van der Waals surface area contributed by atoms with Crippen molar-refractivity contribution < 1.29 is 9.59 Å². The molecule has 1 aliphatic heterocycles. The molecule has 3 rings (SSSR count). The fourth-order valence-electron chi connectivity index (χ4n) is 1.84. The molecule has 0 spiro atoms. The minimum absolute atomic E-state index is 0.316. The Morgan fingerprint density at radius 1 is 1.26 bits per heavy atom. The lowest BCUT2D eigenvalue weighted by molar-refractivity contribution is -0.123. The summed E-state index contributed by atoms with van der Waals surface area (Å²) in [5.74, 6) is -0.657. The first-order chi connectivity index (χ1) is 11.0. The van der Waals surface area contributed by atoms with Gasteiger partial charge in [-0.1, -0.05) is 30.0 Å². The van der Waals surface area contributed by atoms with Gasteiger partial charge < -0.3 is 0 Å². The Labute approximate surface area is 160 Å². The number of nitrogens with zero attached hydrogens (tertiary/aromatic N) is 1. The van der Waals surface area contributed by atoms with Crippen LogP contribution in [-0.4, -0.2) is 21.1 Å². The van der Waals surface area contributed by atoms with Crippen LogP contribution in [-0.2, 0) is 4.79 Å². The summed E-state index contributed by atoms with van der Waals surface area (Å²) >= 11 is 9.90. The smallest absolute Gasteiger partial charge is 0.266 e. The third-order valence-corrected chi connectivity index (χ3v) is 5.81. The molecule has 0 saturated carbocycles. The predicted molar refractivity (Wildman–Crippen MR) is 106 cm³/mol. The van der Waals surface area contributed by atoms with Crippen LogP contribution < -0.4 is 5.43 Å². The summed E-state index contributed by atoms with van der Waals surface area (Å²) in [5, 5.41) is 2.93. The number of rotatable bonds is 3. The van der Waals surface area contributed by atoms with E-state index in [0.29, 0.717) is 14.1 Å². The van der Waals surface area contributed by atoms with Crippen molar-refractivity contribution in [2.45, 2.75) is 0 Å². The number of thiocarbonyl (C=S) groups is 1. The number of carbonyl (C=O) groups excluding carboxylic acids is 2. The van der Waals surface area contributed by atoms with Gasteiger partial charge in [0, 0.05) is 3.57 Å². The van der Waals surface area contributed by atoms with Crippen LogP contribution in [0.3, 0.4) is 0 Å². The molecule has 0 atom stereocenters. The third-order valence-electron chi connectivity index (χ3n) is 2.92. The molecule has 1 aliphatic rings. The van der Waals surface area contributed by atoms with Gasteiger partial charge in [-0.2, -0.15) is 5.01 Å². The van der Waals surface area contributed by atoms with Gasteiger partial charge in [-0.3, -0.25) is 15.0 Å². The normalized spacial score (nSPS) is 16.2. The number of nitrogens with one attached hydrogen (secondary N) is 1. The molecule has 0 bridgehead atoms. The molecule has 1 N–H and O–H groups in total. The van der Waals surface area contributed by atoms with E-state index in [-0.39, 0.29) is 11.8 Å². The van der Waals surface area contributed by atoms with Gasteiger partial charge in [0.1, 0.15) is 0 Å². The Kier molecular flexibility index (Phi) is 5.14. The summed E-state index contributed by atoms with van der Waals surface area (Å²) < 4.78 is 1.44. The lowest BCUT2D eigenvalue weighted by Crippen LogP contribution is -2.44. The average molecular weight is 472 g/mol. The Morgan fingerprint density at radius 2 is 2.00 bits per heavy atom. The molecule has 4 nitrogen and oxygen atoms in total. The fourth-order valence-corrected chi connectivity index (χ4v) is 3.99. The topological polar surface area (TPSA) is 49.4 Å². The van der Waals surface area contributed by atoms with E-state index in [2.05, 4.69) is 28.0 Å². The highest BCUT2D eigenvalue weighted by Gasteiger charge is 2.33. The van der Waals surface area contributed by atoms with E-state index in [4.69, 9.17) is 12.2 Å². The van der Waals surface area contributed by atoms with Crippen molar-refractivity contribution in [2.75, 3.05) is 0 Å². The molecule has 1 saturated heterocycles. The van der Waals surface area contributed by atoms with Crippen LogP contribution in [0.1, 0.15) is 15.2 Å². The average Bonchev–Trinajstić information content (AvgIpc) is 3.14. The van der Waals surface area contributed by atoms with Gasteiger partial charge in [0.25, 0.3) is 11.8 Å². The quantitative estimate of drug-likeness (QED) is 0.419. The molecule has 0 aliphatic carbocycles. The molecule has 1 aromatic carbocycles. The van der Waals surface area contributed by atoms with E-state index in [0.717, 1.165) is 14.1 Å². The minimum Gasteiger partial charge on any atom is -0.266 e. The highest BCUT2D eigenvalue weighted by Crippen LogP contribution is 2.31.